The summed E-state index contributed by atoms with van der Waals surface area (Å²) in [4.78, 5) is 1.25. The van der Waals surface area contributed by atoms with Crippen LogP contribution >= 0.6 is 27.7 Å². The number of thioether (sulfide) groups is 1. The highest BCUT2D eigenvalue weighted by Gasteiger charge is 2.12. The molecular weight excluding hydrogens is 351 g/mol. The van der Waals surface area contributed by atoms with E-state index in [4.69, 9.17) is 5.84 Å². The highest BCUT2D eigenvalue weighted by atomic mass is 79.9. The maximum atomic E-state index is 13.3. The van der Waals surface area contributed by atoms with Gasteiger partial charge in [0.25, 0.3) is 0 Å². The second-order valence-electron chi connectivity index (χ2n) is 4.88. The Morgan fingerprint density at radius 2 is 2.05 bits per heavy atom. The standard InChI is InChI=1S/C16H18BrFN2S/c1-11-4-2-3-5-16(11)21-10-14(20-19)9-12-8-13(18)6-7-15(12)17/h2-8,14,20H,9-10,19H2,1H3. The van der Waals surface area contributed by atoms with E-state index in [2.05, 4.69) is 40.4 Å². The molecule has 0 saturated heterocycles. The predicted molar refractivity (Wildman–Crippen MR) is 90.8 cm³/mol. The third-order valence-corrected chi connectivity index (χ3v) is 5.36. The molecule has 2 nitrogen and oxygen atoms in total. The van der Waals surface area contributed by atoms with Crippen molar-refractivity contribution in [3.8, 4) is 0 Å². The van der Waals surface area contributed by atoms with Gasteiger partial charge in [0.1, 0.15) is 5.82 Å². The maximum absolute atomic E-state index is 13.3. The van der Waals surface area contributed by atoms with Gasteiger partial charge in [-0.3, -0.25) is 11.3 Å². The fraction of sp³-hybridized carbons (Fsp3) is 0.250. The Bertz CT molecular complexity index is 607. The Kier molecular flexibility index (Phi) is 6.23. The van der Waals surface area contributed by atoms with Crippen LogP contribution in [-0.2, 0) is 6.42 Å². The monoisotopic (exact) mass is 368 g/mol. The quantitative estimate of drug-likeness (QED) is 0.458. The molecule has 2 rings (SSSR count). The lowest BCUT2D eigenvalue weighted by molar-refractivity contribution is 0.569. The van der Waals surface area contributed by atoms with E-state index in [1.54, 1.807) is 23.9 Å². The lowest BCUT2D eigenvalue weighted by atomic mass is 10.1. The number of hydrogen-bond acceptors (Lipinski definition) is 3. The lowest BCUT2D eigenvalue weighted by Crippen LogP contribution is -2.38. The minimum atomic E-state index is -0.226. The number of nitrogens with two attached hydrogens (primary N) is 1. The van der Waals surface area contributed by atoms with Crippen LogP contribution in [0.25, 0.3) is 0 Å². The Balaban J connectivity index is 2.00. The summed E-state index contributed by atoms with van der Waals surface area (Å²) in [6.07, 6.45) is 0.674. The molecule has 0 amide bonds. The van der Waals surface area contributed by atoms with E-state index >= 15 is 0 Å². The van der Waals surface area contributed by atoms with E-state index in [0.29, 0.717) is 6.42 Å². The second-order valence-corrected chi connectivity index (χ2v) is 6.80. The van der Waals surface area contributed by atoms with Gasteiger partial charge in [-0.15, -0.1) is 11.8 Å². The molecule has 0 saturated carbocycles. The molecule has 1 unspecified atom stereocenters. The molecule has 0 aliphatic rings. The van der Waals surface area contributed by atoms with Crippen LogP contribution in [0.2, 0.25) is 0 Å². The van der Waals surface area contributed by atoms with Crippen molar-refractivity contribution in [2.45, 2.75) is 24.3 Å². The summed E-state index contributed by atoms with van der Waals surface area (Å²) in [5, 5.41) is 0. The third kappa shape index (κ3) is 4.81. The minimum Gasteiger partial charge on any atom is -0.271 e. The van der Waals surface area contributed by atoms with Crippen LogP contribution in [0.1, 0.15) is 11.1 Å². The fourth-order valence-corrected chi connectivity index (χ4v) is 3.51. The molecule has 0 bridgehead atoms. The predicted octanol–water partition coefficient (Wildman–Crippen LogP) is 4.06. The van der Waals surface area contributed by atoms with Gasteiger partial charge in [0, 0.05) is 21.2 Å². The van der Waals surface area contributed by atoms with Gasteiger partial charge >= 0.3 is 0 Å². The molecule has 0 aromatic heterocycles. The Labute approximate surface area is 137 Å². The smallest absolute Gasteiger partial charge is 0.123 e. The molecule has 0 spiro atoms. The summed E-state index contributed by atoms with van der Waals surface area (Å²) >= 11 is 5.21. The molecule has 0 heterocycles. The van der Waals surface area contributed by atoms with Crippen LogP contribution in [0.4, 0.5) is 4.39 Å². The lowest BCUT2D eigenvalue weighted by Gasteiger charge is -2.17. The Hall–Kier alpha value is -0.880. The van der Waals surface area contributed by atoms with Gasteiger partial charge in [-0.25, -0.2) is 4.39 Å². The molecule has 0 aliphatic heterocycles. The number of benzene rings is 2. The fourth-order valence-electron chi connectivity index (χ4n) is 2.04. The van der Waals surface area contributed by atoms with Gasteiger partial charge < -0.3 is 0 Å². The zero-order valence-electron chi connectivity index (χ0n) is 11.8. The zero-order chi connectivity index (χ0) is 15.2. The Morgan fingerprint density at radius 1 is 1.29 bits per heavy atom. The van der Waals surface area contributed by atoms with Crippen molar-refractivity contribution in [2.24, 2.45) is 5.84 Å². The van der Waals surface area contributed by atoms with E-state index in [1.807, 2.05) is 12.1 Å². The van der Waals surface area contributed by atoms with Gasteiger partial charge in [-0.2, -0.15) is 0 Å². The van der Waals surface area contributed by atoms with E-state index < -0.39 is 0 Å². The van der Waals surface area contributed by atoms with Crippen LogP contribution in [0.15, 0.2) is 51.8 Å². The summed E-state index contributed by atoms with van der Waals surface area (Å²) in [7, 11) is 0. The number of hydrogen-bond donors (Lipinski definition) is 2. The van der Waals surface area contributed by atoms with Crippen LogP contribution in [0.3, 0.4) is 0 Å². The molecule has 112 valence electrons. The van der Waals surface area contributed by atoms with Gasteiger partial charge in [0.2, 0.25) is 0 Å². The number of rotatable bonds is 6. The van der Waals surface area contributed by atoms with Crippen molar-refractivity contribution < 1.29 is 4.39 Å². The summed E-state index contributed by atoms with van der Waals surface area (Å²) in [5.74, 6) is 6.24. The van der Waals surface area contributed by atoms with Gasteiger partial charge in [0.15, 0.2) is 0 Å². The molecule has 5 heteroatoms. The molecule has 0 aliphatic carbocycles. The first kappa shape index (κ1) is 16.5. The van der Waals surface area contributed by atoms with Crippen molar-refractivity contribution in [1.82, 2.24) is 5.43 Å². The average molecular weight is 369 g/mol. The van der Waals surface area contributed by atoms with Crippen LogP contribution in [0, 0.1) is 12.7 Å². The van der Waals surface area contributed by atoms with Crippen molar-refractivity contribution in [1.29, 1.82) is 0 Å². The SMILES string of the molecule is Cc1ccccc1SCC(Cc1cc(F)ccc1Br)NN. The van der Waals surface area contributed by atoms with Crippen molar-refractivity contribution >= 4 is 27.7 Å². The van der Waals surface area contributed by atoms with Crippen molar-refractivity contribution in [3.05, 3.63) is 63.9 Å². The van der Waals surface area contributed by atoms with Crippen molar-refractivity contribution in [3.63, 3.8) is 0 Å². The summed E-state index contributed by atoms with van der Waals surface area (Å²) < 4.78 is 14.2. The topological polar surface area (TPSA) is 38.0 Å². The molecule has 21 heavy (non-hydrogen) atoms. The summed E-state index contributed by atoms with van der Waals surface area (Å²) in [5.41, 5.74) is 5.00. The molecule has 3 N–H and O–H groups in total. The van der Waals surface area contributed by atoms with Crippen molar-refractivity contribution in [2.75, 3.05) is 5.75 Å². The number of aryl methyl sites for hydroxylation is 1. The molecule has 0 fully saturated rings. The number of halogens is 2. The molecule has 2 aromatic rings. The molecular formula is C16H18BrFN2S. The third-order valence-electron chi connectivity index (χ3n) is 3.24. The van der Waals surface area contributed by atoms with Gasteiger partial charge in [-0.1, -0.05) is 34.1 Å². The van der Waals surface area contributed by atoms with Crippen LogP contribution < -0.4 is 11.3 Å². The van der Waals surface area contributed by atoms with E-state index in [-0.39, 0.29) is 11.9 Å². The minimum absolute atomic E-state index is 0.0766. The molecule has 1 atom stereocenters. The first-order valence-electron chi connectivity index (χ1n) is 6.68. The molecule has 2 aromatic carbocycles. The largest absolute Gasteiger partial charge is 0.271 e. The maximum Gasteiger partial charge on any atom is 0.123 e. The highest BCUT2D eigenvalue weighted by Crippen LogP contribution is 2.25. The highest BCUT2D eigenvalue weighted by molar-refractivity contribution is 9.10. The molecule has 0 radical (unpaired) electrons. The summed E-state index contributed by atoms with van der Waals surface area (Å²) in [6.45, 7) is 2.09. The van der Waals surface area contributed by atoms with Gasteiger partial charge in [-0.05, 0) is 48.7 Å². The number of nitrogens with one attached hydrogen (secondary N) is 1. The van der Waals surface area contributed by atoms with Gasteiger partial charge in [0.05, 0.1) is 0 Å². The average Bonchev–Trinajstić information content (AvgIpc) is 2.48. The van der Waals surface area contributed by atoms with E-state index in [9.17, 15) is 4.39 Å². The van der Waals surface area contributed by atoms with Crippen LogP contribution in [0.5, 0.6) is 0 Å². The number of hydrazine groups is 1. The first-order valence-corrected chi connectivity index (χ1v) is 8.46. The zero-order valence-corrected chi connectivity index (χ0v) is 14.2. The first-order chi connectivity index (χ1) is 10.1. The Morgan fingerprint density at radius 3 is 2.76 bits per heavy atom. The van der Waals surface area contributed by atoms with E-state index in [0.717, 1.165) is 15.8 Å². The second kappa shape index (κ2) is 7.94. The summed E-state index contributed by atoms with van der Waals surface area (Å²) in [6, 6.07) is 13.1. The van der Waals surface area contributed by atoms with E-state index in [1.165, 1.54) is 16.5 Å². The van der Waals surface area contributed by atoms with Crippen LogP contribution in [-0.4, -0.2) is 11.8 Å². The normalized spacial score (nSPS) is 12.4.